The van der Waals surface area contributed by atoms with E-state index < -0.39 is 0 Å². The van der Waals surface area contributed by atoms with Gasteiger partial charge in [-0.2, -0.15) is 0 Å². The number of methoxy groups -OCH3 is 1. The molecule has 6 rings (SSSR count). The van der Waals surface area contributed by atoms with E-state index in [2.05, 4.69) is 30.4 Å². The average molecular weight is 550 g/mol. The zero-order chi connectivity index (χ0) is 27.6. The lowest BCUT2D eigenvalue weighted by Crippen LogP contribution is -2.21. The van der Waals surface area contributed by atoms with Crippen molar-refractivity contribution in [1.82, 2.24) is 4.98 Å². The predicted octanol–water partition coefficient (Wildman–Crippen LogP) is 7.80. The maximum atomic E-state index is 13.7. The van der Waals surface area contributed by atoms with Crippen molar-refractivity contribution in [2.75, 3.05) is 12.4 Å². The fourth-order valence-electron chi connectivity index (χ4n) is 5.18. The van der Waals surface area contributed by atoms with Gasteiger partial charge in [-0.1, -0.05) is 48.9 Å². The molecule has 0 atom stereocenters. The first-order valence-electron chi connectivity index (χ1n) is 13.7. The van der Waals surface area contributed by atoms with Gasteiger partial charge >= 0.3 is 0 Å². The van der Waals surface area contributed by atoms with Crippen LogP contribution in [0.3, 0.4) is 0 Å². The second-order valence-corrected chi connectivity index (χ2v) is 11.2. The predicted molar refractivity (Wildman–Crippen MR) is 161 cm³/mol. The maximum Gasteiger partial charge on any atom is 0.262 e. The number of hydrogen-bond donors (Lipinski definition) is 1. The molecule has 0 unspecified atom stereocenters. The van der Waals surface area contributed by atoms with Crippen LogP contribution in [0, 0.1) is 6.92 Å². The van der Waals surface area contributed by atoms with E-state index in [1.165, 1.54) is 35.3 Å². The Morgan fingerprint density at radius 2 is 1.85 bits per heavy atom. The van der Waals surface area contributed by atoms with Crippen LogP contribution in [0.1, 0.15) is 51.7 Å². The van der Waals surface area contributed by atoms with Crippen LogP contribution in [0.2, 0.25) is 0 Å². The van der Waals surface area contributed by atoms with Crippen LogP contribution in [0.5, 0.6) is 5.75 Å². The van der Waals surface area contributed by atoms with Crippen LogP contribution in [-0.2, 0) is 19.3 Å². The molecule has 0 saturated heterocycles. The van der Waals surface area contributed by atoms with Crippen molar-refractivity contribution in [3.05, 3.63) is 99.4 Å². The number of aromatic nitrogens is 1. The van der Waals surface area contributed by atoms with Gasteiger partial charge in [0, 0.05) is 15.8 Å². The number of benzene rings is 3. The van der Waals surface area contributed by atoms with Crippen LogP contribution < -0.4 is 15.6 Å². The Morgan fingerprint density at radius 1 is 1.05 bits per heavy atom. The summed E-state index contributed by atoms with van der Waals surface area (Å²) in [4.78, 5) is 24.4. The maximum absolute atomic E-state index is 13.7. The third-order valence-electron chi connectivity index (χ3n) is 7.33. The topological polar surface area (TPSA) is 76.7 Å². The number of carbonyl (C=O) groups is 1. The highest BCUT2D eigenvalue weighted by Crippen LogP contribution is 2.34. The lowest BCUT2D eigenvalue weighted by atomic mass is 9.90. The van der Waals surface area contributed by atoms with E-state index in [1.54, 1.807) is 13.2 Å². The van der Waals surface area contributed by atoms with Crippen molar-refractivity contribution in [3.8, 4) is 17.0 Å². The molecule has 2 aromatic heterocycles. The first-order valence-corrected chi connectivity index (χ1v) is 14.5. The van der Waals surface area contributed by atoms with E-state index in [-0.39, 0.29) is 11.5 Å². The van der Waals surface area contributed by atoms with Gasteiger partial charge in [0.2, 0.25) is 5.55 Å². The van der Waals surface area contributed by atoms with Gasteiger partial charge in [-0.3, -0.25) is 10.1 Å². The molecule has 2 heterocycles. The van der Waals surface area contributed by atoms with Crippen LogP contribution in [-0.4, -0.2) is 18.0 Å². The summed E-state index contributed by atoms with van der Waals surface area (Å²) in [6, 6.07) is 21.8. The van der Waals surface area contributed by atoms with Crippen LogP contribution >= 0.6 is 11.3 Å². The number of amides is 1. The van der Waals surface area contributed by atoms with Crippen molar-refractivity contribution in [2.45, 2.75) is 46.0 Å². The normalized spacial score (nSPS) is 13.3. The van der Waals surface area contributed by atoms with Gasteiger partial charge in [0.1, 0.15) is 5.56 Å². The second-order valence-electron chi connectivity index (χ2n) is 10.1. The molecule has 1 amide bonds. The van der Waals surface area contributed by atoms with E-state index in [9.17, 15) is 4.79 Å². The van der Waals surface area contributed by atoms with Gasteiger partial charge in [0.05, 0.1) is 18.5 Å². The summed E-state index contributed by atoms with van der Waals surface area (Å²) in [6.07, 6.45) is 5.58. The van der Waals surface area contributed by atoms with E-state index in [1.807, 2.05) is 49.4 Å². The van der Waals surface area contributed by atoms with Crippen molar-refractivity contribution in [2.24, 2.45) is 4.99 Å². The number of aryl methyl sites for hydroxylation is 4. The Bertz CT molecular complexity index is 1780. The first-order chi connectivity index (χ1) is 19.5. The molecule has 3 aromatic carbocycles. The fraction of sp³-hybridized carbons (Fsp3) is 0.242. The minimum Gasteiger partial charge on any atom is -0.493 e. The summed E-state index contributed by atoms with van der Waals surface area (Å²) >= 11 is 1.51. The fourth-order valence-corrected chi connectivity index (χ4v) is 6.10. The number of nitrogens with one attached hydrogen (secondary N) is 1. The number of rotatable bonds is 6. The van der Waals surface area contributed by atoms with Gasteiger partial charge in [-0.05, 0) is 80.5 Å². The van der Waals surface area contributed by atoms with Crippen molar-refractivity contribution in [3.63, 3.8) is 0 Å². The van der Waals surface area contributed by atoms with Crippen molar-refractivity contribution >= 4 is 39.0 Å². The largest absolute Gasteiger partial charge is 0.493 e. The van der Waals surface area contributed by atoms with E-state index in [0.29, 0.717) is 27.7 Å². The Hall–Kier alpha value is -4.23. The van der Waals surface area contributed by atoms with E-state index in [0.717, 1.165) is 46.3 Å². The number of fused-ring (bicyclic) bond motifs is 2. The summed E-state index contributed by atoms with van der Waals surface area (Å²) in [5.74, 6) is 0.250. The molecular formula is C33H31N3O3S. The molecule has 1 N–H and O–H groups in total. The van der Waals surface area contributed by atoms with Gasteiger partial charge in [-0.15, -0.1) is 11.3 Å². The zero-order valence-corrected chi connectivity index (χ0v) is 23.7. The summed E-state index contributed by atoms with van der Waals surface area (Å²) < 4.78 is 11.7. The number of ether oxygens (including phenoxy) is 1. The smallest absolute Gasteiger partial charge is 0.262 e. The number of carbonyl (C=O) groups excluding carboxylic acids is 1. The Labute approximate surface area is 237 Å². The van der Waals surface area contributed by atoms with Gasteiger partial charge < -0.3 is 9.15 Å². The van der Waals surface area contributed by atoms with Gasteiger partial charge in [-0.25, -0.2) is 9.98 Å². The molecule has 40 heavy (non-hydrogen) atoms. The number of thiazole rings is 1. The standard InChI is InChI=1S/C33H31N3O3S/c1-4-28-29(23-15-14-21-8-5-6-9-22(21)18-23)35-33(40-28)36-31(37)26-19-24-10-7-11-27(38-3)30(24)39-32(26)34-25-16-12-20(2)13-17-25/h7,10-19H,4-6,8-9H2,1-3H3,(H,35,36,37). The molecule has 0 radical (unpaired) electrons. The highest BCUT2D eigenvalue weighted by atomic mass is 32.1. The number of hydrogen-bond acceptors (Lipinski definition) is 6. The van der Waals surface area contributed by atoms with Crippen LogP contribution in [0.4, 0.5) is 10.8 Å². The number of para-hydroxylation sites is 1. The SMILES string of the molecule is CCc1sc(NC(=O)c2cc3cccc(OC)c3oc2=Nc2ccc(C)cc2)nc1-c1ccc2c(c1)CCCC2. The summed E-state index contributed by atoms with van der Waals surface area (Å²) in [5, 5.41) is 4.33. The lowest BCUT2D eigenvalue weighted by molar-refractivity contribution is 0.102. The third kappa shape index (κ3) is 5.17. The first kappa shape index (κ1) is 26.0. The third-order valence-corrected chi connectivity index (χ3v) is 8.44. The highest BCUT2D eigenvalue weighted by molar-refractivity contribution is 7.16. The minimum atomic E-state index is -0.326. The van der Waals surface area contributed by atoms with E-state index in [4.69, 9.17) is 19.1 Å². The molecule has 0 spiro atoms. The van der Waals surface area contributed by atoms with Gasteiger partial charge in [0.25, 0.3) is 5.91 Å². The molecule has 202 valence electrons. The minimum absolute atomic E-state index is 0.209. The van der Waals surface area contributed by atoms with E-state index >= 15 is 0 Å². The molecule has 1 aliphatic carbocycles. The molecule has 6 nitrogen and oxygen atoms in total. The Morgan fingerprint density at radius 3 is 2.62 bits per heavy atom. The Balaban J connectivity index is 1.39. The molecule has 1 aliphatic rings. The second kappa shape index (κ2) is 11.1. The number of nitrogens with zero attached hydrogens (tertiary/aromatic N) is 2. The average Bonchev–Trinajstić information content (AvgIpc) is 3.40. The molecule has 0 bridgehead atoms. The quantitative estimate of drug-likeness (QED) is 0.234. The number of anilines is 1. The highest BCUT2D eigenvalue weighted by Gasteiger charge is 2.19. The lowest BCUT2D eigenvalue weighted by Gasteiger charge is -2.16. The zero-order valence-electron chi connectivity index (χ0n) is 22.9. The molecule has 5 aromatic rings. The molecule has 0 fully saturated rings. The molecule has 7 heteroatoms. The molecular weight excluding hydrogens is 518 g/mol. The summed E-state index contributed by atoms with van der Waals surface area (Å²) in [6.45, 7) is 4.14. The van der Waals surface area contributed by atoms with Crippen molar-refractivity contribution in [1.29, 1.82) is 0 Å². The molecule has 0 aliphatic heterocycles. The monoisotopic (exact) mass is 549 g/mol. The van der Waals surface area contributed by atoms with Crippen molar-refractivity contribution < 1.29 is 13.9 Å². The molecule has 0 saturated carbocycles. The van der Waals surface area contributed by atoms with Crippen LogP contribution in [0.15, 0.2) is 76.1 Å². The van der Waals surface area contributed by atoms with Gasteiger partial charge in [0.15, 0.2) is 16.5 Å². The summed E-state index contributed by atoms with van der Waals surface area (Å²) in [5.41, 5.74) is 7.79. The summed E-state index contributed by atoms with van der Waals surface area (Å²) in [7, 11) is 1.59. The Kier molecular flexibility index (Phi) is 7.22. The van der Waals surface area contributed by atoms with Crippen LogP contribution in [0.25, 0.3) is 22.2 Å².